The van der Waals surface area contributed by atoms with E-state index in [2.05, 4.69) is 24.1 Å². The predicted octanol–water partition coefficient (Wildman–Crippen LogP) is 1.82. The zero-order valence-electron chi connectivity index (χ0n) is 14.2. The van der Waals surface area contributed by atoms with Gasteiger partial charge in [0.2, 0.25) is 0 Å². The highest BCUT2D eigenvalue weighted by atomic mass is 35.5. The van der Waals surface area contributed by atoms with Gasteiger partial charge in [0, 0.05) is 31.7 Å². The molecule has 1 aromatic carbocycles. The number of nitrogens with one attached hydrogen (secondary N) is 1. The first kappa shape index (κ1) is 20.8. The number of benzene rings is 1. The second kappa shape index (κ2) is 9.32. The van der Waals surface area contributed by atoms with Gasteiger partial charge in [-0.2, -0.15) is 0 Å². The number of carbonyl (C=O) groups is 1. The number of methoxy groups -OCH3 is 1. The average molecular weight is 378 g/mol. The molecule has 1 amide bonds. The van der Waals surface area contributed by atoms with Crippen molar-refractivity contribution < 1.29 is 14.3 Å². The van der Waals surface area contributed by atoms with Crippen LogP contribution in [0.5, 0.6) is 11.5 Å². The van der Waals surface area contributed by atoms with Crippen LogP contribution in [0.3, 0.4) is 0 Å². The zero-order chi connectivity index (χ0) is 17.0. The summed E-state index contributed by atoms with van der Waals surface area (Å²) in [6.45, 7) is 6.85. The normalized spacial score (nSPS) is 21.0. The highest BCUT2D eigenvalue weighted by molar-refractivity contribution is 6.32. The van der Waals surface area contributed by atoms with Gasteiger partial charge in [-0.1, -0.05) is 11.6 Å². The third-order valence-corrected chi connectivity index (χ3v) is 3.97. The first-order chi connectivity index (χ1) is 10.9. The highest BCUT2D eigenvalue weighted by Crippen LogP contribution is 2.36. The molecule has 0 radical (unpaired) electrons. The third kappa shape index (κ3) is 5.70. The van der Waals surface area contributed by atoms with Gasteiger partial charge < -0.3 is 20.5 Å². The summed E-state index contributed by atoms with van der Waals surface area (Å²) in [6, 6.07) is 4.64. The zero-order valence-corrected chi connectivity index (χ0v) is 15.7. The van der Waals surface area contributed by atoms with Crippen molar-refractivity contribution in [2.45, 2.75) is 32.5 Å². The summed E-state index contributed by atoms with van der Waals surface area (Å²) in [6.07, 6.45) is 0. The van der Waals surface area contributed by atoms with Crippen molar-refractivity contribution in [2.75, 3.05) is 26.8 Å². The van der Waals surface area contributed by atoms with E-state index in [9.17, 15) is 4.79 Å². The second-order valence-corrected chi connectivity index (χ2v) is 6.43. The highest BCUT2D eigenvalue weighted by Gasteiger charge is 2.22. The van der Waals surface area contributed by atoms with Gasteiger partial charge in [0.1, 0.15) is 0 Å². The molecular weight excluding hydrogens is 353 g/mol. The van der Waals surface area contributed by atoms with Crippen LogP contribution in [0.1, 0.15) is 19.4 Å². The van der Waals surface area contributed by atoms with E-state index in [4.69, 9.17) is 26.8 Å². The maximum Gasteiger partial charge on any atom is 0.255 e. The van der Waals surface area contributed by atoms with Crippen molar-refractivity contribution in [2.24, 2.45) is 5.73 Å². The third-order valence-electron chi connectivity index (χ3n) is 3.69. The van der Waals surface area contributed by atoms with Gasteiger partial charge in [-0.25, -0.2) is 0 Å². The maximum absolute atomic E-state index is 10.9. The fourth-order valence-corrected chi connectivity index (χ4v) is 3.26. The lowest BCUT2D eigenvalue weighted by Crippen LogP contribution is -2.53. The molecule has 2 rings (SSSR count). The van der Waals surface area contributed by atoms with Crippen LogP contribution in [-0.2, 0) is 11.3 Å². The number of nitrogens with zero attached hydrogens (tertiary/aromatic N) is 1. The van der Waals surface area contributed by atoms with E-state index < -0.39 is 5.91 Å². The summed E-state index contributed by atoms with van der Waals surface area (Å²) in [5.41, 5.74) is 6.14. The van der Waals surface area contributed by atoms with Gasteiger partial charge in [0.25, 0.3) is 5.91 Å². The van der Waals surface area contributed by atoms with E-state index >= 15 is 0 Å². The molecule has 0 saturated carbocycles. The van der Waals surface area contributed by atoms with Crippen LogP contribution in [0.4, 0.5) is 0 Å². The van der Waals surface area contributed by atoms with E-state index in [0.29, 0.717) is 28.6 Å². The number of carbonyl (C=O) groups excluding carboxylic acids is 1. The van der Waals surface area contributed by atoms with Gasteiger partial charge in [0.05, 0.1) is 12.1 Å². The summed E-state index contributed by atoms with van der Waals surface area (Å²) in [5.74, 6) is 0.291. The van der Waals surface area contributed by atoms with Gasteiger partial charge in [-0.3, -0.25) is 9.69 Å². The summed E-state index contributed by atoms with van der Waals surface area (Å²) >= 11 is 6.28. The predicted molar refractivity (Wildman–Crippen MR) is 97.3 cm³/mol. The number of halogens is 2. The molecule has 1 saturated heterocycles. The summed E-state index contributed by atoms with van der Waals surface area (Å²) in [7, 11) is 1.54. The van der Waals surface area contributed by atoms with Crippen molar-refractivity contribution >= 4 is 29.9 Å². The fourth-order valence-electron chi connectivity index (χ4n) is 2.98. The number of rotatable bonds is 6. The van der Waals surface area contributed by atoms with Crippen molar-refractivity contribution in [1.29, 1.82) is 0 Å². The Morgan fingerprint density at radius 3 is 2.54 bits per heavy atom. The van der Waals surface area contributed by atoms with Crippen LogP contribution in [0.25, 0.3) is 0 Å². The number of nitrogens with two attached hydrogens (primary N) is 1. The Kier molecular flexibility index (Phi) is 8.09. The summed E-state index contributed by atoms with van der Waals surface area (Å²) in [5, 5.41) is 3.92. The molecular formula is C16H25Cl2N3O3. The van der Waals surface area contributed by atoms with Crippen LogP contribution in [-0.4, -0.2) is 49.7 Å². The van der Waals surface area contributed by atoms with Gasteiger partial charge in [0.15, 0.2) is 18.1 Å². The van der Waals surface area contributed by atoms with Gasteiger partial charge in [-0.05, 0) is 31.5 Å². The summed E-state index contributed by atoms with van der Waals surface area (Å²) < 4.78 is 10.7. The molecule has 1 aliphatic heterocycles. The van der Waals surface area contributed by atoms with E-state index in [1.54, 1.807) is 7.11 Å². The largest absolute Gasteiger partial charge is 0.493 e. The van der Waals surface area contributed by atoms with E-state index in [0.717, 1.165) is 25.2 Å². The number of hydrogen-bond donors (Lipinski definition) is 2. The molecule has 24 heavy (non-hydrogen) atoms. The molecule has 3 N–H and O–H groups in total. The molecule has 2 atom stereocenters. The number of amides is 1. The first-order valence-corrected chi connectivity index (χ1v) is 8.02. The number of piperazine rings is 1. The Balaban J connectivity index is 0.00000288. The van der Waals surface area contributed by atoms with E-state index in [1.807, 2.05) is 12.1 Å². The minimum absolute atomic E-state index is 0. The topological polar surface area (TPSA) is 76.8 Å². The van der Waals surface area contributed by atoms with Crippen LogP contribution in [0.15, 0.2) is 12.1 Å². The molecule has 1 heterocycles. The van der Waals surface area contributed by atoms with Crippen molar-refractivity contribution in [3.63, 3.8) is 0 Å². The SMILES string of the molecule is COc1cc(CN2CC(C)NC(C)C2)cc(Cl)c1OCC(N)=O.Cl. The smallest absolute Gasteiger partial charge is 0.255 e. The molecule has 0 bridgehead atoms. The molecule has 1 aliphatic rings. The van der Waals surface area contributed by atoms with Crippen molar-refractivity contribution in [1.82, 2.24) is 10.2 Å². The Morgan fingerprint density at radius 2 is 2.00 bits per heavy atom. The number of hydrogen-bond acceptors (Lipinski definition) is 5. The minimum Gasteiger partial charge on any atom is -0.493 e. The monoisotopic (exact) mass is 377 g/mol. The van der Waals surface area contributed by atoms with Crippen LogP contribution >= 0.6 is 24.0 Å². The molecule has 0 aromatic heterocycles. The quantitative estimate of drug-likeness (QED) is 0.790. The Morgan fingerprint density at radius 1 is 1.38 bits per heavy atom. The lowest BCUT2D eigenvalue weighted by atomic mass is 10.1. The standard InChI is InChI=1S/C16H24ClN3O3.ClH/c1-10-6-20(7-11(2)19-10)8-12-4-13(17)16(14(5-12)22-3)23-9-15(18)21;/h4-5,10-11,19H,6-9H2,1-3H3,(H2,18,21);1H. The van der Waals surface area contributed by atoms with Crippen LogP contribution < -0.4 is 20.5 Å². The molecule has 6 nitrogen and oxygen atoms in total. The lowest BCUT2D eigenvalue weighted by Gasteiger charge is -2.36. The molecule has 0 aliphatic carbocycles. The fraction of sp³-hybridized carbons (Fsp3) is 0.562. The van der Waals surface area contributed by atoms with Gasteiger partial charge in [-0.15, -0.1) is 12.4 Å². The maximum atomic E-state index is 10.9. The molecule has 1 aromatic rings. The first-order valence-electron chi connectivity index (χ1n) is 7.65. The Labute approximate surface area is 154 Å². The van der Waals surface area contributed by atoms with Crippen LogP contribution in [0, 0.1) is 0 Å². The lowest BCUT2D eigenvalue weighted by molar-refractivity contribution is -0.119. The molecule has 8 heteroatoms. The number of ether oxygens (including phenoxy) is 2. The average Bonchev–Trinajstić information content (AvgIpc) is 2.44. The molecule has 2 unspecified atom stereocenters. The summed E-state index contributed by atoms with van der Waals surface area (Å²) in [4.78, 5) is 13.3. The molecule has 136 valence electrons. The van der Waals surface area contributed by atoms with Gasteiger partial charge >= 0.3 is 0 Å². The minimum atomic E-state index is -0.559. The van der Waals surface area contributed by atoms with E-state index in [1.165, 1.54) is 0 Å². The Bertz CT molecular complexity index is 562. The van der Waals surface area contributed by atoms with Crippen molar-refractivity contribution in [3.8, 4) is 11.5 Å². The second-order valence-electron chi connectivity index (χ2n) is 6.03. The molecule has 1 fully saturated rings. The molecule has 0 spiro atoms. The number of primary amides is 1. The van der Waals surface area contributed by atoms with E-state index in [-0.39, 0.29) is 19.0 Å². The van der Waals surface area contributed by atoms with Crippen LogP contribution in [0.2, 0.25) is 5.02 Å². The Hall–Kier alpha value is -1.21. The van der Waals surface area contributed by atoms with Crippen molar-refractivity contribution in [3.05, 3.63) is 22.7 Å².